The molecule has 3 heteroatoms. The molecule has 0 atom stereocenters. The van der Waals surface area contributed by atoms with E-state index in [9.17, 15) is 0 Å². The number of oxazole rings is 1. The van der Waals surface area contributed by atoms with Crippen molar-refractivity contribution in [3.63, 3.8) is 0 Å². The maximum absolute atomic E-state index is 5.96. The van der Waals surface area contributed by atoms with E-state index in [-0.39, 0.29) is 0 Å². The summed E-state index contributed by atoms with van der Waals surface area (Å²) >= 11 is 0. The Morgan fingerprint density at radius 3 is 2.59 bits per heavy atom. The molecule has 0 saturated heterocycles. The molecule has 0 fully saturated rings. The van der Waals surface area contributed by atoms with Crippen LogP contribution in [0.2, 0.25) is 0 Å². The van der Waals surface area contributed by atoms with Crippen LogP contribution in [-0.4, -0.2) is 4.98 Å². The van der Waals surface area contributed by atoms with Gasteiger partial charge in [-0.1, -0.05) is 24.3 Å². The molecule has 0 bridgehead atoms. The Morgan fingerprint density at radius 2 is 1.82 bits per heavy atom. The number of hydrogen-bond donors (Lipinski definition) is 1. The Hall–Kier alpha value is -2.29. The molecule has 2 aromatic carbocycles. The number of nitrogen functional groups attached to an aromatic ring is 1. The molecule has 3 aromatic rings. The molecule has 0 radical (unpaired) electrons. The molecule has 3 nitrogen and oxygen atoms in total. The van der Waals surface area contributed by atoms with E-state index in [2.05, 4.69) is 4.98 Å². The fourth-order valence-electron chi connectivity index (χ4n) is 2.00. The summed E-state index contributed by atoms with van der Waals surface area (Å²) in [6, 6.07) is 11.8. The number of aryl methyl sites for hydroxylation is 1. The van der Waals surface area contributed by atoms with E-state index in [0.717, 1.165) is 27.8 Å². The van der Waals surface area contributed by atoms with Crippen LogP contribution in [0.4, 0.5) is 5.69 Å². The highest BCUT2D eigenvalue weighted by Gasteiger charge is 2.09. The quantitative estimate of drug-likeness (QED) is 0.644. The third kappa shape index (κ3) is 1.56. The van der Waals surface area contributed by atoms with E-state index in [4.69, 9.17) is 10.2 Å². The molecule has 0 unspecified atom stereocenters. The summed E-state index contributed by atoms with van der Waals surface area (Å²) in [4.78, 5) is 4.26. The van der Waals surface area contributed by atoms with Crippen molar-refractivity contribution >= 4 is 16.5 Å². The van der Waals surface area contributed by atoms with Crippen LogP contribution in [0.1, 0.15) is 5.76 Å². The predicted molar refractivity (Wildman–Crippen MR) is 68.6 cm³/mol. The maximum atomic E-state index is 5.96. The highest BCUT2D eigenvalue weighted by atomic mass is 16.4. The number of rotatable bonds is 1. The van der Waals surface area contributed by atoms with Crippen LogP contribution in [0.25, 0.3) is 22.2 Å². The number of hydrogen-bond acceptors (Lipinski definition) is 3. The Bertz CT molecular complexity index is 686. The second-order valence-electron chi connectivity index (χ2n) is 4.02. The first-order valence-electron chi connectivity index (χ1n) is 5.46. The van der Waals surface area contributed by atoms with Crippen molar-refractivity contribution in [1.29, 1.82) is 0 Å². The molecule has 0 aliphatic carbocycles. The SMILES string of the molecule is Cc1cnc(-c2cccc3c(N)cccc23)o1. The maximum Gasteiger partial charge on any atom is 0.226 e. The average Bonchev–Trinajstić information content (AvgIpc) is 2.76. The van der Waals surface area contributed by atoms with Gasteiger partial charge < -0.3 is 10.2 Å². The van der Waals surface area contributed by atoms with E-state index in [1.165, 1.54) is 0 Å². The van der Waals surface area contributed by atoms with E-state index in [1.54, 1.807) is 6.20 Å². The van der Waals surface area contributed by atoms with Gasteiger partial charge in [-0.3, -0.25) is 0 Å². The Morgan fingerprint density at radius 1 is 1.06 bits per heavy atom. The third-order valence-electron chi connectivity index (χ3n) is 2.81. The van der Waals surface area contributed by atoms with Crippen LogP contribution in [0.15, 0.2) is 47.0 Å². The summed E-state index contributed by atoms with van der Waals surface area (Å²) in [5.41, 5.74) is 7.70. The number of benzene rings is 2. The van der Waals surface area contributed by atoms with Crippen LogP contribution in [-0.2, 0) is 0 Å². The molecular weight excluding hydrogens is 212 g/mol. The summed E-state index contributed by atoms with van der Waals surface area (Å²) in [5.74, 6) is 1.44. The second-order valence-corrected chi connectivity index (χ2v) is 4.02. The molecule has 0 spiro atoms. The van der Waals surface area contributed by atoms with Crippen molar-refractivity contribution < 1.29 is 4.42 Å². The van der Waals surface area contributed by atoms with Crippen molar-refractivity contribution in [2.24, 2.45) is 0 Å². The summed E-state index contributed by atoms with van der Waals surface area (Å²) in [7, 11) is 0. The van der Waals surface area contributed by atoms with Gasteiger partial charge in [-0.25, -0.2) is 4.98 Å². The smallest absolute Gasteiger partial charge is 0.226 e. The predicted octanol–water partition coefficient (Wildman–Crippen LogP) is 3.39. The number of aromatic nitrogens is 1. The monoisotopic (exact) mass is 224 g/mol. The van der Waals surface area contributed by atoms with Crippen molar-refractivity contribution in [1.82, 2.24) is 4.98 Å². The van der Waals surface area contributed by atoms with Crippen molar-refractivity contribution in [3.8, 4) is 11.5 Å². The van der Waals surface area contributed by atoms with Gasteiger partial charge in [0.25, 0.3) is 0 Å². The van der Waals surface area contributed by atoms with Crippen LogP contribution in [0.5, 0.6) is 0 Å². The van der Waals surface area contributed by atoms with Gasteiger partial charge in [0.2, 0.25) is 5.89 Å². The number of anilines is 1. The fraction of sp³-hybridized carbons (Fsp3) is 0.0714. The van der Waals surface area contributed by atoms with Crippen LogP contribution in [0, 0.1) is 6.92 Å². The van der Waals surface area contributed by atoms with Gasteiger partial charge in [0.15, 0.2) is 0 Å². The molecule has 17 heavy (non-hydrogen) atoms. The topological polar surface area (TPSA) is 52.0 Å². The standard InChI is InChI=1S/C14H12N2O/c1-9-8-16-14(17-9)12-6-2-5-11-10(12)4-3-7-13(11)15/h2-8H,15H2,1H3. The number of nitrogens with zero attached hydrogens (tertiary/aromatic N) is 1. The van der Waals surface area contributed by atoms with Crippen molar-refractivity contribution in [3.05, 3.63) is 48.4 Å². The second kappa shape index (κ2) is 3.63. The minimum atomic E-state index is 0.638. The van der Waals surface area contributed by atoms with Crippen LogP contribution in [0.3, 0.4) is 0 Å². The summed E-state index contributed by atoms with van der Waals surface area (Å²) in [6.45, 7) is 1.88. The zero-order chi connectivity index (χ0) is 11.8. The summed E-state index contributed by atoms with van der Waals surface area (Å²) in [5, 5.41) is 2.09. The number of fused-ring (bicyclic) bond motifs is 1. The largest absolute Gasteiger partial charge is 0.441 e. The van der Waals surface area contributed by atoms with Gasteiger partial charge in [-0.05, 0) is 24.4 Å². The molecule has 1 heterocycles. The molecule has 0 aliphatic heterocycles. The van der Waals surface area contributed by atoms with Gasteiger partial charge in [-0.15, -0.1) is 0 Å². The lowest BCUT2D eigenvalue weighted by atomic mass is 10.0. The molecule has 2 N–H and O–H groups in total. The van der Waals surface area contributed by atoms with Crippen LogP contribution < -0.4 is 5.73 Å². The van der Waals surface area contributed by atoms with E-state index in [0.29, 0.717) is 5.89 Å². The highest BCUT2D eigenvalue weighted by Crippen LogP contribution is 2.30. The fourth-order valence-corrected chi connectivity index (χ4v) is 2.00. The molecule has 84 valence electrons. The van der Waals surface area contributed by atoms with Gasteiger partial charge in [0.1, 0.15) is 5.76 Å². The zero-order valence-electron chi connectivity index (χ0n) is 9.47. The molecule has 0 amide bonds. The normalized spacial score (nSPS) is 10.9. The lowest BCUT2D eigenvalue weighted by molar-refractivity contribution is 0.543. The van der Waals surface area contributed by atoms with Crippen molar-refractivity contribution in [2.45, 2.75) is 6.92 Å². The van der Waals surface area contributed by atoms with Crippen LogP contribution >= 0.6 is 0 Å². The minimum absolute atomic E-state index is 0.638. The van der Waals surface area contributed by atoms with Gasteiger partial charge in [0, 0.05) is 16.6 Å². The van der Waals surface area contributed by atoms with Gasteiger partial charge >= 0.3 is 0 Å². The first-order chi connectivity index (χ1) is 8.25. The molecule has 0 aliphatic rings. The van der Waals surface area contributed by atoms with E-state index in [1.807, 2.05) is 43.3 Å². The Balaban J connectivity index is 2.34. The molecule has 1 aromatic heterocycles. The number of nitrogens with two attached hydrogens (primary N) is 1. The average molecular weight is 224 g/mol. The zero-order valence-corrected chi connectivity index (χ0v) is 9.47. The summed E-state index contributed by atoms with van der Waals surface area (Å²) in [6.07, 6.45) is 1.72. The highest BCUT2D eigenvalue weighted by molar-refractivity contribution is 6.01. The van der Waals surface area contributed by atoms with E-state index >= 15 is 0 Å². The van der Waals surface area contributed by atoms with Gasteiger partial charge in [-0.2, -0.15) is 0 Å². The first kappa shape index (κ1) is 9.90. The lowest BCUT2D eigenvalue weighted by Gasteiger charge is -2.05. The molecular formula is C14H12N2O. The molecule has 0 saturated carbocycles. The molecule has 3 rings (SSSR count). The van der Waals surface area contributed by atoms with Gasteiger partial charge in [0.05, 0.1) is 6.20 Å². The first-order valence-corrected chi connectivity index (χ1v) is 5.46. The lowest BCUT2D eigenvalue weighted by Crippen LogP contribution is -1.88. The van der Waals surface area contributed by atoms with Crippen molar-refractivity contribution in [2.75, 3.05) is 5.73 Å². The van der Waals surface area contributed by atoms with E-state index < -0.39 is 0 Å². The Kier molecular flexibility index (Phi) is 2.11. The summed E-state index contributed by atoms with van der Waals surface area (Å²) < 4.78 is 5.57. The minimum Gasteiger partial charge on any atom is -0.441 e. The Labute approximate surface area is 98.9 Å². The third-order valence-corrected chi connectivity index (χ3v) is 2.81.